The Kier molecular flexibility index (Phi) is 3.60. The van der Waals surface area contributed by atoms with Crippen molar-refractivity contribution in [2.75, 3.05) is 18.0 Å². The number of carbonyl (C=O) groups excluding carboxylic acids is 2. The van der Waals surface area contributed by atoms with Gasteiger partial charge in [-0.3, -0.25) is 14.5 Å². The summed E-state index contributed by atoms with van der Waals surface area (Å²) in [5, 5.41) is 0. The van der Waals surface area contributed by atoms with Gasteiger partial charge >= 0.3 is 0 Å². The fourth-order valence-corrected chi connectivity index (χ4v) is 3.79. The Morgan fingerprint density at radius 2 is 1.71 bits per heavy atom. The van der Waals surface area contributed by atoms with Gasteiger partial charge in [-0.1, -0.05) is 24.3 Å². The molecule has 1 fully saturated rings. The molecule has 2 amide bonds. The fourth-order valence-electron chi connectivity index (χ4n) is 3.79. The number of fused-ring (bicyclic) bond motifs is 1. The second-order valence-electron chi connectivity index (χ2n) is 6.59. The lowest BCUT2D eigenvalue weighted by Crippen LogP contribution is -2.43. The molecule has 2 aliphatic rings. The van der Waals surface area contributed by atoms with E-state index in [1.54, 1.807) is 12.1 Å². The highest BCUT2D eigenvalue weighted by atomic mass is 16.2. The SMILES string of the molecule is Cc1cccc(N2CCC[C@H]2CN2C(=O)c3ccccc3C2=O)c1. The minimum absolute atomic E-state index is 0.160. The molecule has 24 heavy (non-hydrogen) atoms. The summed E-state index contributed by atoms with van der Waals surface area (Å²) in [6.07, 6.45) is 2.09. The maximum atomic E-state index is 12.6. The van der Waals surface area contributed by atoms with E-state index in [9.17, 15) is 9.59 Å². The summed E-state index contributed by atoms with van der Waals surface area (Å²) in [5.41, 5.74) is 3.46. The molecular weight excluding hydrogens is 300 g/mol. The fraction of sp³-hybridized carbons (Fsp3) is 0.300. The molecule has 0 N–H and O–H groups in total. The second kappa shape index (κ2) is 5.78. The Morgan fingerprint density at radius 3 is 2.38 bits per heavy atom. The molecule has 2 aromatic rings. The van der Waals surface area contributed by atoms with Gasteiger partial charge in [0.2, 0.25) is 0 Å². The van der Waals surface area contributed by atoms with Gasteiger partial charge in [-0.2, -0.15) is 0 Å². The summed E-state index contributed by atoms with van der Waals surface area (Å²) in [4.78, 5) is 28.9. The van der Waals surface area contributed by atoms with Crippen molar-refractivity contribution in [2.45, 2.75) is 25.8 Å². The molecule has 4 heteroatoms. The molecule has 1 atom stereocenters. The zero-order chi connectivity index (χ0) is 16.7. The molecule has 0 bridgehead atoms. The van der Waals surface area contributed by atoms with Crippen LogP contribution in [0.3, 0.4) is 0 Å². The van der Waals surface area contributed by atoms with Crippen molar-refractivity contribution < 1.29 is 9.59 Å². The van der Waals surface area contributed by atoms with Crippen LogP contribution in [-0.4, -0.2) is 35.8 Å². The lowest BCUT2D eigenvalue weighted by Gasteiger charge is -2.29. The Bertz CT molecular complexity index is 780. The van der Waals surface area contributed by atoms with Crippen molar-refractivity contribution in [3.63, 3.8) is 0 Å². The van der Waals surface area contributed by atoms with Crippen LogP contribution in [0.5, 0.6) is 0 Å². The number of amides is 2. The first kappa shape index (κ1) is 14.9. The Balaban J connectivity index is 1.57. The van der Waals surface area contributed by atoms with Gasteiger partial charge in [-0.05, 0) is 49.6 Å². The summed E-state index contributed by atoms with van der Waals surface area (Å²) < 4.78 is 0. The third-order valence-corrected chi connectivity index (χ3v) is 4.98. The van der Waals surface area contributed by atoms with Gasteiger partial charge in [0.15, 0.2) is 0 Å². The molecule has 0 aliphatic carbocycles. The van der Waals surface area contributed by atoms with Crippen LogP contribution in [0.15, 0.2) is 48.5 Å². The molecule has 2 heterocycles. The number of rotatable bonds is 3. The lowest BCUT2D eigenvalue weighted by molar-refractivity contribution is 0.0645. The molecule has 4 rings (SSSR count). The Labute approximate surface area is 141 Å². The van der Waals surface area contributed by atoms with Crippen molar-refractivity contribution in [1.29, 1.82) is 0 Å². The van der Waals surface area contributed by atoms with Crippen LogP contribution in [-0.2, 0) is 0 Å². The maximum Gasteiger partial charge on any atom is 0.261 e. The Hall–Kier alpha value is -2.62. The molecule has 2 aliphatic heterocycles. The first-order valence-corrected chi connectivity index (χ1v) is 8.43. The molecule has 0 aromatic heterocycles. The largest absolute Gasteiger partial charge is 0.367 e. The number of hydrogen-bond acceptors (Lipinski definition) is 3. The topological polar surface area (TPSA) is 40.6 Å². The van der Waals surface area contributed by atoms with Gasteiger partial charge in [0.1, 0.15) is 0 Å². The van der Waals surface area contributed by atoms with Crippen LogP contribution in [0.25, 0.3) is 0 Å². The van der Waals surface area contributed by atoms with Gasteiger partial charge < -0.3 is 4.90 Å². The number of hydrogen-bond donors (Lipinski definition) is 0. The van der Waals surface area contributed by atoms with Gasteiger partial charge in [-0.25, -0.2) is 0 Å². The molecule has 1 saturated heterocycles. The number of nitrogens with zero attached hydrogens (tertiary/aromatic N) is 2. The van der Waals surface area contributed by atoms with E-state index in [4.69, 9.17) is 0 Å². The van der Waals surface area contributed by atoms with Gasteiger partial charge in [0.05, 0.1) is 11.1 Å². The van der Waals surface area contributed by atoms with Crippen molar-refractivity contribution in [3.8, 4) is 0 Å². The second-order valence-corrected chi connectivity index (χ2v) is 6.59. The van der Waals surface area contributed by atoms with Crippen molar-refractivity contribution >= 4 is 17.5 Å². The predicted octanol–water partition coefficient (Wildman–Crippen LogP) is 3.26. The minimum Gasteiger partial charge on any atom is -0.367 e. The van der Waals surface area contributed by atoms with E-state index in [0.29, 0.717) is 17.7 Å². The number of anilines is 1. The molecular formula is C20H20N2O2. The van der Waals surface area contributed by atoms with Crippen LogP contribution in [0.2, 0.25) is 0 Å². The van der Waals surface area contributed by atoms with Crippen LogP contribution in [0, 0.1) is 6.92 Å². The van der Waals surface area contributed by atoms with Crippen LogP contribution in [0.4, 0.5) is 5.69 Å². The summed E-state index contributed by atoms with van der Waals surface area (Å²) in [6, 6.07) is 15.7. The normalized spacial score (nSPS) is 20.0. The van der Waals surface area contributed by atoms with E-state index in [0.717, 1.165) is 19.4 Å². The summed E-state index contributed by atoms with van der Waals surface area (Å²) in [7, 11) is 0. The van der Waals surface area contributed by atoms with Crippen molar-refractivity contribution in [2.24, 2.45) is 0 Å². The minimum atomic E-state index is -0.160. The highest BCUT2D eigenvalue weighted by Gasteiger charge is 2.38. The van der Waals surface area contributed by atoms with Crippen LogP contribution < -0.4 is 4.90 Å². The number of benzene rings is 2. The third-order valence-electron chi connectivity index (χ3n) is 4.98. The number of carbonyl (C=O) groups is 2. The third kappa shape index (κ3) is 2.39. The average molecular weight is 320 g/mol. The van der Waals surface area contributed by atoms with Crippen LogP contribution in [0.1, 0.15) is 39.1 Å². The first-order chi connectivity index (χ1) is 11.6. The molecule has 4 nitrogen and oxygen atoms in total. The standard InChI is InChI=1S/C20H20N2O2/c1-14-6-4-7-15(12-14)21-11-5-8-16(21)13-22-19(23)17-9-2-3-10-18(17)20(22)24/h2-4,6-7,9-10,12,16H,5,8,11,13H2,1H3/t16-/m0/s1. The highest BCUT2D eigenvalue weighted by Crippen LogP contribution is 2.29. The highest BCUT2D eigenvalue weighted by molar-refractivity contribution is 6.21. The molecule has 122 valence electrons. The number of imide groups is 1. The first-order valence-electron chi connectivity index (χ1n) is 8.43. The maximum absolute atomic E-state index is 12.6. The monoisotopic (exact) mass is 320 g/mol. The van der Waals surface area contributed by atoms with Gasteiger partial charge in [-0.15, -0.1) is 0 Å². The van der Waals surface area contributed by atoms with E-state index in [1.807, 2.05) is 12.1 Å². The predicted molar refractivity (Wildman–Crippen MR) is 93.4 cm³/mol. The van der Waals surface area contributed by atoms with Crippen molar-refractivity contribution in [1.82, 2.24) is 4.90 Å². The summed E-state index contributed by atoms with van der Waals surface area (Å²) >= 11 is 0. The van der Waals surface area contributed by atoms with E-state index in [1.165, 1.54) is 16.2 Å². The number of aryl methyl sites for hydroxylation is 1. The molecule has 0 saturated carbocycles. The van der Waals surface area contributed by atoms with E-state index < -0.39 is 0 Å². The van der Waals surface area contributed by atoms with E-state index >= 15 is 0 Å². The van der Waals surface area contributed by atoms with E-state index in [-0.39, 0.29) is 17.9 Å². The zero-order valence-corrected chi connectivity index (χ0v) is 13.7. The summed E-state index contributed by atoms with van der Waals surface area (Å²) in [6.45, 7) is 3.51. The van der Waals surface area contributed by atoms with Crippen molar-refractivity contribution in [3.05, 3.63) is 65.2 Å². The van der Waals surface area contributed by atoms with Crippen LogP contribution >= 0.6 is 0 Å². The molecule has 2 aromatic carbocycles. The smallest absolute Gasteiger partial charge is 0.261 e. The molecule has 0 unspecified atom stereocenters. The summed E-state index contributed by atoms with van der Waals surface area (Å²) in [5.74, 6) is -0.321. The van der Waals surface area contributed by atoms with Gasteiger partial charge in [0.25, 0.3) is 11.8 Å². The molecule has 0 spiro atoms. The Morgan fingerprint density at radius 1 is 1.00 bits per heavy atom. The van der Waals surface area contributed by atoms with Gasteiger partial charge in [0, 0.05) is 24.8 Å². The zero-order valence-electron chi connectivity index (χ0n) is 13.7. The lowest BCUT2D eigenvalue weighted by atomic mass is 10.1. The van der Waals surface area contributed by atoms with E-state index in [2.05, 4.69) is 36.1 Å². The quantitative estimate of drug-likeness (QED) is 0.815. The average Bonchev–Trinajstić information content (AvgIpc) is 3.15. The molecule has 0 radical (unpaired) electrons.